The van der Waals surface area contributed by atoms with E-state index in [0.29, 0.717) is 5.41 Å². The topological polar surface area (TPSA) is 0 Å². The molecule has 4 atom stereocenters. The molecule has 2 aliphatic rings. The van der Waals surface area contributed by atoms with E-state index in [-0.39, 0.29) is 0 Å². The predicted molar refractivity (Wildman–Crippen MR) is 76.0 cm³/mol. The fraction of sp³-hybridized carbons (Fsp3) is 1.00. The molecule has 0 spiro atoms. The number of rotatable bonds is 4. The molecule has 0 N–H and O–H groups in total. The van der Waals surface area contributed by atoms with E-state index in [1.54, 1.807) is 0 Å². The van der Waals surface area contributed by atoms with Crippen LogP contribution in [0.1, 0.15) is 79.1 Å². The zero-order chi connectivity index (χ0) is 12.5. The van der Waals surface area contributed by atoms with Crippen LogP contribution in [0.3, 0.4) is 0 Å². The van der Waals surface area contributed by atoms with Crippen molar-refractivity contribution in [2.75, 3.05) is 0 Å². The molecule has 0 aromatic heterocycles. The summed E-state index contributed by atoms with van der Waals surface area (Å²) in [6, 6.07) is 0. The van der Waals surface area contributed by atoms with E-state index in [9.17, 15) is 0 Å². The van der Waals surface area contributed by atoms with Crippen LogP contribution in [0.5, 0.6) is 0 Å². The van der Waals surface area contributed by atoms with Gasteiger partial charge in [0.1, 0.15) is 0 Å². The molecule has 2 rings (SSSR count). The molecule has 0 heteroatoms. The Morgan fingerprint density at radius 1 is 0.765 bits per heavy atom. The lowest BCUT2D eigenvalue weighted by molar-refractivity contribution is 0.0567. The minimum Gasteiger partial charge on any atom is -0.0651 e. The summed E-state index contributed by atoms with van der Waals surface area (Å²) in [5, 5.41) is 0. The van der Waals surface area contributed by atoms with Gasteiger partial charge in [0.05, 0.1) is 0 Å². The first-order valence-corrected chi connectivity index (χ1v) is 8.11. The smallest absolute Gasteiger partial charge is 0.0292 e. The van der Waals surface area contributed by atoms with Crippen molar-refractivity contribution in [2.45, 2.75) is 79.1 Å². The van der Waals surface area contributed by atoms with Crippen LogP contribution in [0.15, 0.2) is 0 Å². The Bertz CT molecular complexity index is 216. The van der Waals surface area contributed by atoms with Gasteiger partial charge in [0.25, 0.3) is 0 Å². The van der Waals surface area contributed by atoms with Gasteiger partial charge >= 0.3 is 0 Å². The predicted octanol–water partition coefficient (Wildman–Crippen LogP) is 5.67. The van der Waals surface area contributed by atoms with Gasteiger partial charge in [-0.2, -0.15) is 0 Å². The molecule has 0 unspecified atom stereocenters. The van der Waals surface area contributed by atoms with Crippen molar-refractivity contribution in [1.82, 2.24) is 0 Å². The third-order valence-electron chi connectivity index (χ3n) is 6.28. The largest absolute Gasteiger partial charge is 0.0651 e. The molecule has 0 amide bonds. The standard InChI is InChI=1S/C17H32/c1-5-13-9-7-11-15(13)17(3,4)16-12-8-10-14(16)6-2/h13-16H,5-12H2,1-4H3/t13-,14+,15+,16-. The van der Waals surface area contributed by atoms with E-state index in [2.05, 4.69) is 27.7 Å². The van der Waals surface area contributed by atoms with Crippen LogP contribution in [0.2, 0.25) is 0 Å². The molecule has 0 heterocycles. The Balaban J connectivity index is 2.11. The zero-order valence-electron chi connectivity index (χ0n) is 12.5. The molecule has 0 aliphatic heterocycles. The molecular formula is C17H32. The lowest BCUT2D eigenvalue weighted by Gasteiger charge is -2.43. The van der Waals surface area contributed by atoms with Crippen LogP contribution < -0.4 is 0 Å². The molecule has 0 bridgehead atoms. The number of hydrogen-bond donors (Lipinski definition) is 0. The van der Waals surface area contributed by atoms with Crippen molar-refractivity contribution >= 4 is 0 Å². The molecular weight excluding hydrogens is 204 g/mol. The lowest BCUT2D eigenvalue weighted by Crippen LogP contribution is -2.36. The van der Waals surface area contributed by atoms with Gasteiger partial charge in [-0.25, -0.2) is 0 Å². The fourth-order valence-electron chi connectivity index (χ4n) is 5.28. The normalized spacial score (nSPS) is 38.8. The molecule has 2 saturated carbocycles. The summed E-state index contributed by atoms with van der Waals surface area (Å²) in [4.78, 5) is 0. The second-order valence-corrected chi connectivity index (χ2v) is 7.23. The van der Waals surface area contributed by atoms with E-state index in [4.69, 9.17) is 0 Å². The average Bonchev–Trinajstić information content (AvgIpc) is 2.97. The second kappa shape index (κ2) is 5.33. The zero-order valence-corrected chi connectivity index (χ0v) is 12.5. The molecule has 0 saturated heterocycles. The maximum atomic E-state index is 2.60. The van der Waals surface area contributed by atoms with E-state index in [1.807, 2.05) is 0 Å². The van der Waals surface area contributed by atoms with Crippen LogP contribution in [0, 0.1) is 29.1 Å². The van der Waals surface area contributed by atoms with Crippen LogP contribution >= 0.6 is 0 Å². The SMILES string of the molecule is CC[C@H]1CCC[C@H]1C(C)(C)[C@H]1CCC[C@H]1CC. The van der Waals surface area contributed by atoms with Gasteiger partial charge in [0.15, 0.2) is 0 Å². The quantitative estimate of drug-likeness (QED) is 0.590. The molecule has 2 aliphatic carbocycles. The monoisotopic (exact) mass is 236 g/mol. The van der Waals surface area contributed by atoms with Crippen molar-refractivity contribution in [2.24, 2.45) is 29.1 Å². The van der Waals surface area contributed by atoms with Crippen LogP contribution in [0.25, 0.3) is 0 Å². The maximum absolute atomic E-state index is 2.60. The first-order valence-electron chi connectivity index (χ1n) is 8.11. The summed E-state index contributed by atoms with van der Waals surface area (Å²) in [7, 11) is 0. The maximum Gasteiger partial charge on any atom is -0.0292 e. The van der Waals surface area contributed by atoms with Gasteiger partial charge in [-0.05, 0) is 41.9 Å². The van der Waals surface area contributed by atoms with Gasteiger partial charge in [0, 0.05) is 0 Å². The molecule has 100 valence electrons. The van der Waals surface area contributed by atoms with Crippen molar-refractivity contribution in [3.05, 3.63) is 0 Å². The summed E-state index contributed by atoms with van der Waals surface area (Å²) in [5.74, 6) is 4.10. The van der Waals surface area contributed by atoms with Crippen molar-refractivity contribution in [3.8, 4) is 0 Å². The van der Waals surface area contributed by atoms with Gasteiger partial charge < -0.3 is 0 Å². The lowest BCUT2D eigenvalue weighted by atomic mass is 9.62. The van der Waals surface area contributed by atoms with E-state index >= 15 is 0 Å². The number of hydrogen-bond acceptors (Lipinski definition) is 0. The highest BCUT2D eigenvalue weighted by molar-refractivity contribution is 4.95. The molecule has 0 aromatic carbocycles. The minimum atomic E-state index is 0.606. The molecule has 17 heavy (non-hydrogen) atoms. The first-order chi connectivity index (χ1) is 8.11. The molecule has 0 nitrogen and oxygen atoms in total. The van der Waals surface area contributed by atoms with E-state index in [0.717, 1.165) is 23.7 Å². The van der Waals surface area contributed by atoms with Gasteiger partial charge in [-0.1, -0.05) is 66.2 Å². The van der Waals surface area contributed by atoms with Crippen molar-refractivity contribution in [3.63, 3.8) is 0 Å². The van der Waals surface area contributed by atoms with Crippen LogP contribution in [-0.2, 0) is 0 Å². The summed E-state index contributed by atoms with van der Waals surface area (Å²) >= 11 is 0. The Hall–Kier alpha value is 0. The second-order valence-electron chi connectivity index (χ2n) is 7.23. The fourth-order valence-corrected chi connectivity index (χ4v) is 5.28. The van der Waals surface area contributed by atoms with Crippen molar-refractivity contribution < 1.29 is 0 Å². The van der Waals surface area contributed by atoms with E-state index in [1.165, 1.54) is 51.4 Å². The molecule has 2 fully saturated rings. The Kier molecular flexibility index (Phi) is 4.21. The minimum absolute atomic E-state index is 0.606. The Morgan fingerprint density at radius 3 is 1.53 bits per heavy atom. The highest BCUT2D eigenvalue weighted by atomic mass is 14.5. The van der Waals surface area contributed by atoms with E-state index < -0.39 is 0 Å². The summed E-state index contributed by atoms with van der Waals surface area (Å²) in [6.45, 7) is 10.0. The summed E-state index contributed by atoms with van der Waals surface area (Å²) in [6.07, 6.45) is 11.9. The third-order valence-corrected chi connectivity index (χ3v) is 6.28. The summed E-state index contributed by atoms with van der Waals surface area (Å²) in [5.41, 5.74) is 0.606. The van der Waals surface area contributed by atoms with Gasteiger partial charge in [0.2, 0.25) is 0 Å². The average molecular weight is 236 g/mol. The van der Waals surface area contributed by atoms with Gasteiger partial charge in [-0.15, -0.1) is 0 Å². The highest BCUT2D eigenvalue weighted by Gasteiger charge is 2.46. The van der Waals surface area contributed by atoms with Gasteiger partial charge in [-0.3, -0.25) is 0 Å². The summed E-state index contributed by atoms with van der Waals surface area (Å²) < 4.78 is 0. The Morgan fingerprint density at radius 2 is 1.18 bits per heavy atom. The first kappa shape index (κ1) is 13.4. The van der Waals surface area contributed by atoms with Crippen LogP contribution in [0.4, 0.5) is 0 Å². The Labute approximate surface area is 109 Å². The van der Waals surface area contributed by atoms with Crippen LogP contribution in [-0.4, -0.2) is 0 Å². The van der Waals surface area contributed by atoms with Crippen molar-refractivity contribution in [1.29, 1.82) is 0 Å². The highest BCUT2D eigenvalue weighted by Crippen LogP contribution is 2.55. The third kappa shape index (κ3) is 2.42. The molecule has 0 aromatic rings. The molecule has 0 radical (unpaired) electrons.